The molecular weight excluding hydrogens is 116 g/mol. The Morgan fingerprint density at radius 3 is 2.67 bits per heavy atom. The molecule has 0 bridgehead atoms. The van der Waals surface area contributed by atoms with Crippen molar-refractivity contribution >= 4 is 6.03 Å². The lowest BCUT2D eigenvalue weighted by Crippen LogP contribution is -2.51. The first-order valence-corrected chi connectivity index (χ1v) is 3.28. The van der Waals surface area contributed by atoms with Crippen LogP contribution in [0, 0.1) is 5.92 Å². The van der Waals surface area contributed by atoms with E-state index < -0.39 is 0 Å². The van der Waals surface area contributed by atoms with Gasteiger partial charge in [-0.15, -0.1) is 0 Å². The number of urea groups is 1. The molecule has 0 aromatic carbocycles. The van der Waals surface area contributed by atoms with Gasteiger partial charge >= 0.3 is 6.03 Å². The van der Waals surface area contributed by atoms with Crippen molar-refractivity contribution in [2.75, 3.05) is 13.1 Å². The highest BCUT2D eigenvalue weighted by Crippen LogP contribution is 2.17. The van der Waals surface area contributed by atoms with Gasteiger partial charge in [-0.1, -0.05) is 6.92 Å². The first-order chi connectivity index (χ1) is 4.24. The number of nitrogens with two attached hydrogens (primary N) is 1. The minimum absolute atomic E-state index is 0.278. The van der Waals surface area contributed by atoms with Gasteiger partial charge in [0.1, 0.15) is 0 Å². The SMILES string of the molecule is CCC1CN(C(N)=O)C1. The van der Waals surface area contributed by atoms with Crippen LogP contribution in [-0.4, -0.2) is 24.0 Å². The van der Waals surface area contributed by atoms with Gasteiger partial charge in [-0.2, -0.15) is 0 Å². The molecule has 1 aliphatic rings. The Morgan fingerprint density at radius 2 is 2.33 bits per heavy atom. The lowest BCUT2D eigenvalue weighted by Gasteiger charge is -2.37. The molecule has 3 heteroatoms. The Bertz CT molecular complexity index is 118. The lowest BCUT2D eigenvalue weighted by atomic mass is 9.98. The molecule has 0 saturated carbocycles. The normalized spacial score (nSPS) is 19.4. The molecule has 0 aromatic heterocycles. The second-order valence-corrected chi connectivity index (χ2v) is 2.52. The third-order valence-corrected chi connectivity index (χ3v) is 1.85. The van der Waals surface area contributed by atoms with E-state index >= 15 is 0 Å². The van der Waals surface area contributed by atoms with Crippen LogP contribution in [0.2, 0.25) is 0 Å². The maximum atomic E-state index is 10.4. The van der Waals surface area contributed by atoms with Crippen LogP contribution in [0.15, 0.2) is 0 Å². The van der Waals surface area contributed by atoms with E-state index in [1.165, 1.54) is 0 Å². The molecular formula is C6H12N2O. The summed E-state index contributed by atoms with van der Waals surface area (Å²) in [7, 11) is 0. The molecule has 0 spiro atoms. The fourth-order valence-electron chi connectivity index (χ4n) is 1.01. The Labute approximate surface area is 54.8 Å². The maximum absolute atomic E-state index is 10.4. The average molecular weight is 128 g/mol. The maximum Gasteiger partial charge on any atom is 0.314 e. The first-order valence-electron chi connectivity index (χ1n) is 3.28. The van der Waals surface area contributed by atoms with Crippen molar-refractivity contribution in [3.05, 3.63) is 0 Å². The molecule has 1 aliphatic heterocycles. The zero-order valence-corrected chi connectivity index (χ0v) is 5.63. The van der Waals surface area contributed by atoms with Crippen LogP contribution in [0.4, 0.5) is 4.79 Å². The number of nitrogens with zero attached hydrogens (tertiary/aromatic N) is 1. The predicted octanol–water partition coefficient (Wildman–Crippen LogP) is 0.407. The van der Waals surface area contributed by atoms with E-state index in [9.17, 15) is 4.79 Å². The van der Waals surface area contributed by atoms with Crippen molar-refractivity contribution in [3.63, 3.8) is 0 Å². The summed E-state index contributed by atoms with van der Waals surface area (Å²) in [5.41, 5.74) is 5.00. The van der Waals surface area contributed by atoms with Gasteiger partial charge in [0.15, 0.2) is 0 Å². The molecule has 3 nitrogen and oxygen atoms in total. The Hall–Kier alpha value is -0.730. The number of amides is 2. The number of rotatable bonds is 1. The Balaban J connectivity index is 2.19. The molecule has 0 radical (unpaired) electrons. The van der Waals surface area contributed by atoms with Crippen LogP contribution in [0.1, 0.15) is 13.3 Å². The van der Waals surface area contributed by atoms with Gasteiger partial charge in [-0.25, -0.2) is 4.79 Å². The molecule has 9 heavy (non-hydrogen) atoms. The van der Waals surface area contributed by atoms with Crippen LogP contribution < -0.4 is 5.73 Å². The number of carbonyl (C=O) groups is 1. The molecule has 0 aliphatic carbocycles. The third-order valence-electron chi connectivity index (χ3n) is 1.85. The summed E-state index contributed by atoms with van der Waals surface area (Å²) in [5.74, 6) is 0.706. The van der Waals surface area contributed by atoms with Crippen LogP contribution in [0.25, 0.3) is 0 Å². The topological polar surface area (TPSA) is 46.3 Å². The molecule has 1 rings (SSSR count). The Morgan fingerprint density at radius 1 is 1.78 bits per heavy atom. The highest BCUT2D eigenvalue weighted by Gasteiger charge is 2.26. The third kappa shape index (κ3) is 1.15. The summed E-state index contributed by atoms with van der Waals surface area (Å²) in [6, 6.07) is -0.278. The van der Waals surface area contributed by atoms with E-state index in [0.29, 0.717) is 5.92 Å². The lowest BCUT2D eigenvalue weighted by molar-refractivity contribution is 0.125. The smallest absolute Gasteiger partial charge is 0.314 e. The van der Waals surface area contributed by atoms with Crippen molar-refractivity contribution in [1.29, 1.82) is 0 Å². The van der Waals surface area contributed by atoms with Crippen molar-refractivity contribution < 1.29 is 4.79 Å². The summed E-state index contributed by atoms with van der Waals surface area (Å²) in [6.07, 6.45) is 1.16. The van der Waals surface area contributed by atoms with Crippen LogP contribution in [0.5, 0.6) is 0 Å². The number of primary amides is 1. The molecule has 1 heterocycles. The predicted molar refractivity (Wildman–Crippen MR) is 34.9 cm³/mol. The van der Waals surface area contributed by atoms with Crippen LogP contribution in [0.3, 0.4) is 0 Å². The summed E-state index contributed by atoms with van der Waals surface area (Å²) in [5, 5.41) is 0. The highest BCUT2D eigenvalue weighted by atomic mass is 16.2. The van der Waals surface area contributed by atoms with Gasteiger partial charge in [0.25, 0.3) is 0 Å². The van der Waals surface area contributed by atoms with Gasteiger partial charge in [-0.3, -0.25) is 0 Å². The van der Waals surface area contributed by atoms with E-state index in [0.717, 1.165) is 19.5 Å². The number of likely N-dealkylation sites (tertiary alicyclic amines) is 1. The van der Waals surface area contributed by atoms with Crippen molar-refractivity contribution in [1.82, 2.24) is 4.90 Å². The number of hydrogen-bond acceptors (Lipinski definition) is 1. The van der Waals surface area contributed by atoms with Gasteiger partial charge in [0.05, 0.1) is 0 Å². The molecule has 0 unspecified atom stereocenters. The summed E-state index contributed by atoms with van der Waals surface area (Å²) < 4.78 is 0. The average Bonchev–Trinajstić information content (AvgIpc) is 1.61. The quantitative estimate of drug-likeness (QED) is 0.546. The zero-order valence-electron chi connectivity index (χ0n) is 5.63. The minimum Gasteiger partial charge on any atom is -0.351 e. The molecule has 0 atom stereocenters. The number of carbonyl (C=O) groups excluding carboxylic acids is 1. The van der Waals surface area contributed by atoms with Gasteiger partial charge in [0.2, 0.25) is 0 Å². The van der Waals surface area contributed by atoms with Crippen molar-refractivity contribution in [2.24, 2.45) is 11.7 Å². The molecule has 2 N–H and O–H groups in total. The Kier molecular flexibility index (Phi) is 1.60. The van der Waals surface area contributed by atoms with Crippen molar-refractivity contribution in [3.8, 4) is 0 Å². The minimum atomic E-state index is -0.278. The molecule has 1 saturated heterocycles. The van der Waals surface area contributed by atoms with Gasteiger partial charge in [0, 0.05) is 13.1 Å². The highest BCUT2D eigenvalue weighted by molar-refractivity contribution is 5.72. The first kappa shape index (κ1) is 6.39. The molecule has 0 aromatic rings. The van der Waals surface area contributed by atoms with E-state index in [-0.39, 0.29) is 6.03 Å². The van der Waals surface area contributed by atoms with Gasteiger partial charge < -0.3 is 10.6 Å². The van der Waals surface area contributed by atoms with E-state index in [1.54, 1.807) is 4.90 Å². The van der Waals surface area contributed by atoms with E-state index in [4.69, 9.17) is 5.73 Å². The van der Waals surface area contributed by atoms with Crippen LogP contribution >= 0.6 is 0 Å². The summed E-state index contributed by atoms with van der Waals surface area (Å²) in [4.78, 5) is 12.1. The van der Waals surface area contributed by atoms with E-state index in [2.05, 4.69) is 6.92 Å². The fraction of sp³-hybridized carbons (Fsp3) is 0.833. The summed E-state index contributed by atoms with van der Waals surface area (Å²) >= 11 is 0. The fourth-order valence-corrected chi connectivity index (χ4v) is 1.01. The molecule has 52 valence electrons. The van der Waals surface area contributed by atoms with Gasteiger partial charge in [-0.05, 0) is 12.3 Å². The second kappa shape index (κ2) is 2.25. The summed E-state index contributed by atoms with van der Waals surface area (Å²) in [6.45, 7) is 3.86. The van der Waals surface area contributed by atoms with Crippen LogP contribution in [-0.2, 0) is 0 Å². The molecule has 2 amide bonds. The van der Waals surface area contributed by atoms with Crippen molar-refractivity contribution in [2.45, 2.75) is 13.3 Å². The standard InChI is InChI=1S/C6H12N2O/c1-2-5-3-8(4-5)6(7)9/h5H,2-4H2,1H3,(H2,7,9). The monoisotopic (exact) mass is 128 g/mol. The van der Waals surface area contributed by atoms with E-state index in [1.807, 2.05) is 0 Å². The molecule has 1 fully saturated rings. The zero-order chi connectivity index (χ0) is 6.85. The second-order valence-electron chi connectivity index (χ2n) is 2.52. The largest absolute Gasteiger partial charge is 0.351 e. The number of hydrogen-bond donors (Lipinski definition) is 1.